The van der Waals surface area contributed by atoms with E-state index in [1.165, 1.54) is 18.5 Å². The van der Waals surface area contributed by atoms with E-state index in [4.69, 9.17) is 5.26 Å². The molecule has 3 nitrogen and oxygen atoms in total. The molecule has 2 rings (SSSR count). The Morgan fingerprint density at radius 2 is 2.42 bits per heavy atom. The van der Waals surface area contributed by atoms with Crippen molar-refractivity contribution < 1.29 is 4.39 Å². The largest absolute Gasteiger partial charge is 0.356 e. The van der Waals surface area contributed by atoms with Crippen LogP contribution in [0, 0.1) is 17.1 Å². The van der Waals surface area contributed by atoms with Crippen LogP contribution in [0.25, 0.3) is 10.9 Å². The first-order valence-electron chi connectivity index (χ1n) is 3.34. The van der Waals surface area contributed by atoms with Crippen molar-refractivity contribution in [3.05, 3.63) is 30.0 Å². The van der Waals surface area contributed by atoms with Crippen molar-refractivity contribution in [2.24, 2.45) is 0 Å². The first-order valence-corrected chi connectivity index (χ1v) is 3.34. The molecule has 0 fully saturated rings. The molecule has 0 saturated heterocycles. The number of aromatic nitrogens is 2. The van der Waals surface area contributed by atoms with Crippen molar-refractivity contribution in [3.63, 3.8) is 0 Å². The fraction of sp³-hybridized carbons (Fsp3) is 0. The van der Waals surface area contributed by atoms with Gasteiger partial charge in [0.2, 0.25) is 0 Å². The molecular formula is C8H4FN3. The number of hydrogen-bond donors (Lipinski definition) is 1. The Balaban J connectivity index is 2.92. The van der Waals surface area contributed by atoms with Gasteiger partial charge in [0.1, 0.15) is 11.9 Å². The number of nitrogens with one attached hydrogen (secondary N) is 1. The number of aromatic amines is 1. The standard InChI is InChI=1S/C8H4FN3/c9-6-4-12-8-5(6)1-2-11-7(8)3-10/h1-2,4,12H. The lowest BCUT2D eigenvalue weighted by atomic mass is 10.2. The summed E-state index contributed by atoms with van der Waals surface area (Å²) in [6, 6.07) is 3.40. The van der Waals surface area contributed by atoms with Gasteiger partial charge in [-0.3, -0.25) is 0 Å². The summed E-state index contributed by atoms with van der Waals surface area (Å²) in [6.07, 6.45) is 2.63. The quantitative estimate of drug-likeness (QED) is 0.637. The topological polar surface area (TPSA) is 52.5 Å². The smallest absolute Gasteiger partial charge is 0.164 e. The van der Waals surface area contributed by atoms with Crippen LogP contribution in [0.3, 0.4) is 0 Å². The molecule has 58 valence electrons. The number of rotatable bonds is 0. The van der Waals surface area contributed by atoms with Gasteiger partial charge < -0.3 is 4.98 Å². The van der Waals surface area contributed by atoms with Gasteiger partial charge in [0.25, 0.3) is 0 Å². The molecule has 0 radical (unpaired) electrons. The Morgan fingerprint density at radius 1 is 1.58 bits per heavy atom. The summed E-state index contributed by atoms with van der Waals surface area (Å²) in [5.74, 6) is -0.357. The third-order valence-electron chi connectivity index (χ3n) is 1.66. The number of nitrogens with zero attached hydrogens (tertiary/aromatic N) is 2. The summed E-state index contributed by atoms with van der Waals surface area (Å²) in [5.41, 5.74) is 0.675. The molecule has 0 aliphatic heterocycles. The van der Waals surface area contributed by atoms with Crippen LogP contribution in [0.2, 0.25) is 0 Å². The highest BCUT2D eigenvalue weighted by Gasteiger charge is 2.06. The van der Waals surface area contributed by atoms with Gasteiger partial charge in [0.15, 0.2) is 5.69 Å². The zero-order valence-electron chi connectivity index (χ0n) is 6.00. The van der Waals surface area contributed by atoms with E-state index >= 15 is 0 Å². The highest BCUT2D eigenvalue weighted by molar-refractivity contribution is 5.83. The second kappa shape index (κ2) is 2.31. The Hall–Kier alpha value is -1.89. The second-order valence-electron chi connectivity index (χ2n) is 2.33. The fourth-order valence-electron chi connectivity index (χ4n) is 1.10. The maximum atomic E-state index is 12.9. The van der Waals surface area contributed by atoms with Crippen LogP contribution in [0.1, 0.15) is 5.69 Å². The average molecular weight is 161 g/mol. The van der Waals surface area contributed by atoms with Crippen molar-refractivity contribution in [3.8, 4) is 6.07 Å². The Labute approximate surface area is 67.5 Å². The third kappa shape index (κ3) is 0.768. The minimum Gasteiger partial charge on any atom is -0.356 e. The molecule has 0 spiro atoms. The van der Waals surface area contributed by atoms with E-state index in [2.05, 4.69) is 9.97 Å². The summed E-state index contributed by atoms with van der Waals surface area (Å²) >= 11 is 0. The van der Waals surface area contributed by atoms with Crippen LogP contribution >= 0.6 is 0 Å². The lowest BCUT2D eigenvalue weighted by molar-refractivity contribution is 0.639. The van der Waals surface area contributed by atoms with Gasteiger partial charge in [-0.05, 0) is 6.07 Å². The summed E-state index contributed by atoms with van der Waals surface area (Å²) in [6.45, 7) is 0. The van der Waals surface area contributed by atoms with Gasteiger partial charge in [-0.1, -0.05) is 0 Å². The maximum absolute atomic E-state index is 12.9. The van der Waals surface area contributed by atoms with E-state index in [1.54, 1.807) is 0 Å². The lowest BCUT2D eigenvalue weighted by Crippen LogP contribution is -1.82. The Kier molecular flexibility index (Phi) is 1.31. The van der Waals surface area contributed by atoms with Crippen LogP contribution in [0.15, 0.2) is 18.5 Å². The highest BCUT2D eigenvalue weighted by atomic mass is 19.1. The minimum absolute atomic E-state index is 0.219. The van der Waals surface area contributed by atoms with Gasteiger partial charge >= 0.3 is 0 Å². The molecule has 2 heterocycles. The van der Waals surface area contributed by atoms with E-state index in [1.807, 2.05) is 6.07 Å². The normalized spacial score (nSPS) is 10.0. The molecule has 0 unspecified atom stereocenters. The molecule has 0 aromatic carbocycles. The van der Waals surface area contributed by atoms with Crippen molar-refractivity contribution in [1.29, 1.82) is 5.26 Å². The zero-order valence-corrected chi connectivity index (χ0v) is 6.00. The molecule has 2 aromatic rings. The van der Waals surface area contributed by atoms with Gasteiger partial charge in [-0.25, -0.2) is 9.37 Å². The molecule has 0 saturated carbocycles. The SMILES string of the molecule is N#Cc1nccc2c(F)c[nH]c12. The number of hydrogen-bond acceptors (Lipinski definition) is 2. The molecule has 12 heavy (non-hydrogen) atoms. The van der Waals surface area contributed by atoms with E-state index in [0.29, 0.717) is 10.9 Å². The minimum atomic E-state index is -0.357. The number of pyridine rings is 1. The second-order valence-corrected chi connectivity index (χ2v) is 2.33. The molecule has 2 aromatic heterocycles. The van der Waals surface area contributed by atoms with Crippen LogP contribution in [0.5, 0.6) is 0 Å². The molecule has 0 aliphatic carbocycles. The van der Waals surface area contributed by atoms with Crippen molar-refractivity contribution >= 4 is 10.9 Å². The predicted octanol–water partition coefficient (Wildman–Crippen LogP) is 1.57. The van der Waals surface area contributed by atoms with Crippen LogP contribution in [0.4, 0.5) is 4.39 Å². The fourth-order valence-corrected chi connectivity index (χ4v) is 1.10. The summed E-state index contributed by atoms with van der Waals surface area (Å²) < 4.78 is 12.9. The van der Waals surface area contributed by atoms with Crippen LogP contribution in [-0.2, 0) is 0 Å². The molecule has 1 N–H and O–H groups in total. The van der Waals surface area contributed by atoms with Gasteiger partial charge in [0, 0.05) is 17.8 Å². The van der Waals surface area contributed by atoms with E-state index in [-0.39, 0.29) is 11.5 Å². The molecule has 4 heteroatoms. The first-order chi connectivity index (χ1) is 5.83. The van der Waals surface area contributed by atoms with E-state index in [9.17, 15) is 4.39 Å². The Bertz CT molecular complexity index is 467. The van der Waals surface area contributed by atoms with Crippen LogP contribution in [-0.4, -0.2) is 9.97 Å². The maximum Gasteiger partial charge on any atom is 0.164 e. The lowest BCUT2D eigenvalue weighted by Gasteiger charge is -1.89. The molecule has 0 bridgehead atoms. The number of halogens is 1. The monoisotopic (exact) mass is 161 g/mol. The van der Waals surface area contributed by atoms with E-state index in [0.717, 1.165) is 0 Å². The first kappa shape index (κ1) is 6.80. The van der Waals surface area contributed by atoms with Crippen molar-refractivity contribution in [1.82, 2.24) is 9.97 Å². The summed E-state index contributed by atoms with van der Waals surface area (Å²) in [7, 11) is 0. The summed E-state index contributed by atoms with van der Waals surface area (Å²) in [4.78, 5) is 6.43. The number of fused-ring (bicyclic) bond motifs is 1. The molecule has 0 amide bonds. The predicted molar refractivity (Wildman–Crippen MR) is 40.8 cm³/mol. The highest BCUT2D eigenvalue weighted by Crippen LogP contribution is 2.17. The van der Waals surface area contributed by atoms with Gasteiger partial charge in [-0.15, -0.1) is 0 Å². The van der Waals surface area contributed by atoms with Crippen LogP contribution < -0.4 is 0 Å². The third-order valence-corrected chi connectivity index (χ3v) is 1.66. The summed E-state index contributed by atoms with van der Waals surface area (Å²) in [5, 5.41) is 8.99. The van der Waals surface area contributed by atoms with Gasteiger partial charge in [0.05, 0.1) is 5.52 Å². The molecule has 0 atom stereocenters. The number of H-pyrrole nitrogens is 1. The Morgan fingerprint density at radius 3 is 3.17 bits per heavy atom. The average Bonchev–Trinajstić information content (AvgIpc) is 2.48. The molecule has 0 aliphatic rings. The van der Waals surface area contributed by atoms with Gasteiger partial charge in [-0.2, -0.15) is 5.26 Å². The van der Waals surface area contributed by atoms with Crippen molar-refractivity contribution in [2.75, 3.05) is 0 Å². The number of nitriles is 1. The molecular weight excluding hydrogens is 157 g/mol. The zero-order chi connectivity index (χ0) is 8.55. The van der Waals surface area contributed by atoms with Crippen molar-refractivity contribution in [2.45, 2.75) is 0 Å². The van der Waals surface area contributed by atoms with E-state index < -0.39 is 0 Å².